The minimum atomic E-state index is -0.632. The van der Waals surface area contributed by atoms with Gasteiger partial charge >= 0.3 is 0 Å². The molecule has 4 rings (SSSR count). The summed E-state index contributed by atoms with van der Waals surface area (Å²) in [5, 5.41) is 17.8. The zero-order chi connectivity index (χ0) is 22.0. The summed E-state index contributed by atoms with van der Waals surface area (Å²) < 4.78 is 1.56. The van der Waals surface area contributed by atoms with E-state index >= 15 is 0 Å². The first-order valence-electron chi connectivity index (χ1n) is 9.18. The Morgan fingerprint density at radius 3 is 2.74 bits per heavy atom. The summed E-state index contributed by atoms with van der Waals surface area (Å²) in [6.45, 7) is 1.65. The molecule has 2 heterocycles. The molecule has 4 aromatic rings. The van der Waals surface area contributed by atoms with E-state index in [-0.39, 0.29) is 22.3 Å². The Hall–Kier alpha value is -3.99. The third-order valence-electron chi connectivity index (χ3n) is 4.40. The molecule has 0 spiro atoms. The molecule has 2 aromatic heterocycles. The second-order valence-corrected chi connectivity index (χ2v) is 7.89. The Bertz CT molecular complexity index is 1330. The smallest absolute Gasteiger partial charge is 0.271 e. The lowest BCUT2D eigenvalue weighted by Gasteiger charge is -2.11. The monoisotopic (exact) mass is 436 g/mol. The topological polar surface area (TPSA) is 136 Å². The number of nitrogens with one attached hydrogen (secondary N) is 2. The van der Waals surface area contributed by atoms with Crippen molar-refractivity contribution >= 4 is 40.1 Å². The van der Waals surface area contributed by atoms with Gasteiger partial charge in [0.05, 0.1) is 22.1 Å². The SMILES string of the molecule is C[C@@H](Sc1nc2c(cnn2-c2ccccc2)c(=O)[nH]1)C(=O)Nc1cccc([N+](=O)[O-])c1. The van der Waals surface area contributed by atoms with Gasteiger partial charge in [-0.15, -0.1) is 0 Å². The number of aromatic amines is 1. The standard InChI is InChI=1S/C20H16N6O4S/c1-12(18(27)22-13-6-5-9-15(10-13)26(29)30)31-20-23-17-16(19(28)24-20)11-21-25(17)14-7-3-2-4-8-14/h2-12H,1H3,(H,22,27)(H,23,24,28)/t12-/m1/s1. The second-order valence-electron chi connectivity index (χ2n) is 6.56. The Morgan fingerprint density at radius 1 is 1.23 bits per heavy atom. The predicted octanol–water partition coefficient (Wildman–Crippen LogP) is 3.14. The average Bonchev–Trinajstić information content (AvgIpc) is 3.19. The van der Waals surface area contributed by atoms with Crippen molar-refractivity contribution in [2.45, 2.75) is 17.3 Å². The van der Waals surface area contributed by atoms with Crippen LogP contribution in [0.4, 0.5) is 11.4 Å². The van der Waals surface area contributed by atoms with E-state index in [1.807, 2.05) is 30.3 Å². The van der Waals surface area contributed by atoms with Gasteiger partial charge in [0.15, 0.2) is 10.8 Å². The second kappa shape index (κ2) is 8.40. The van der Waals surface area contributed by atoms with Gasteiger partial charge < -0.3 is 10.3 Å². The summed E-state index contributed by atoms with van der Waals surface area (Å²) in [5.74, 6) is -0.384. The van der Waals surface area contributed by atoms with Gasteiger partial charge in [0.25, 0.3) is 11.2 Å². The van der Waals surface area contributed by atoms with E-state index < -0.39 is 10.2 Å². The van der Waals surface area contributed by atoms with Crippen molar-refractivity contribution in [1.82, 2.24) is 19.7 Å². The molecule has 0 bridgehead atoms. The predicted molar refractivity (Wildman–Crippen MR) is 117 cm³/mol. The molecule has 0 aliphatic carbocycles. The third-order valence-corrected chi connectivity index (χ3v) is 5.38. The number of benzene rings is 2. The van der Waals surface area contributed by atoms with Crippen LogP contribution < -0.4 is 10.9 Å². The molecule has 0 saturated carbocycles. The van der Waals surface area contributed by atoms with E-state index in [9.17, 15) is 19.7 Å². The summed E-state index contributed by atoms with van der Waals surface area (Å²) in [6, 6.07) is 14.9. The molecule has 11 heteroatoms. The van der Waals surface area contributed by atoms with Gasteiger partial charge in [-0.2, -0.15) is 5.10 Å². The number of fused-ring (bicyclic) bond motifs is 1. The average molecular weight is 436 g/mol. The molecule has 0 aliphatic heterocycles. The third kappa shape index (κ3) is 4.31. The van der Waals surface area contributed by atoms with Crippen molar-refractivity contribution < 1.29 is 9.72 Å². The van der Waals surface area contributed by atoms with Crippen LogP contribution in [0.5, 0.6) is 0 Å². The summed E-state index contributed by atoms with van der Waals surface area (Å²) in [5.41, 5.74) is 0.960. The first kappa shape index (κ1) is 20.3. The highest BCUT2D eigenvalue weighted by atomic mass is 32.2. The largest absolute Gasteiger partial charge is 0.325 e. The van der Waals surface area contributed by atoms with Crippen molar-refractivity contribution in [1.29, 1.82) is 0 Å². The summed E-state index contributed by atoms with van der Waals surface area (Å²) in [6.07, 6.45) is 1.45. The number of para-hydroxylation sites is 1. The van der Waals surface area contributed by atoms with Crippen LogP contribution in [0.2, 0.25) is 0 Å². The van der Waals surface area contributed by atoms with Crippen LogP contribution in [0.15, 0.2) is 70.7 Å². The molecule has 1 amide bonds. The minimum Gasteiger partial charge on any atom is -0.325 e. The fourth-order valence-electron chi connectivity index (χ4n) is 2.87. The van der Waals surface area contributed by atoms with Crippen LogP contribution in [0.25, 0.3) is 16.7 Å². The number of H-pyrrole nitrogens is 1. The van der Waals surface area contributed by atoms with Crippen molar-refractivity contribution in [3.05, 3.63) is 81.3 Å². The lowest BCUT2D eigenvalue weighted by atomic mass is 10.2. The fraction of sp³-hybridized carbons (Fsp3) is 0.100. The number of hydrogen-bond acceptors (Lipinski definition) is 7. The van der Waals surface area contributed by atoms with Crippen LogP contribution >= 0.6 is 11.8 Å². The maximum atomic E-state index is 12.5. The first-order valence-corrected chi connectivity index (χ1v) is 10.1. The molecule has 0 unspecified atom stereocenters. The zero-order valence-electron chi connectivity index (χ0n) is 16.2. The summed E-state index contributed by atoms with van der Waals surface area (Å²) >= 11 is 1.06. The molecular weight excluding hydrogens is 420 g/mol. The normalized spacial score (nSPS) is 11.9. The molecule has 0 saturated heterocycles. The lowest BCUT2D eigenvalue weighted by molar-refractivity contribution is -0.384. The summed E-state index contributed by atoms with van der Waals surface area (Å²) in [7, 11) is 0. The zero-order valence-corrected chi connectivity index (χ0v) is 17.0. The van der Waals surface area contributed by atoms with Crippen molar-refractivity contribution in [3.8, 4) is 5.69 Å². The quantitative estimate of drug-likeness (QED) is 0.205. The van der Waals surface area contributed by atoms with E-state index in [0.29, 0.717) is 16.7 Å². The highest BCUT2D eigenvalue weighted by Crippen LogP contribution is 2.23. The number of aromatic nitrogens is 4. The van der Waals surface area contributed by atoms with E-state index in [1.54, 1.807) is 17.7 Å². The number of rotatable bonds is 6. The summed E-state index contributed by atoms with van der Waals surface area (Å²) in [4.78, 5) is 42.5. The molecular formula is C20H16N6O4S. The van der Waals surface area contributed by atoms with Crippen molar-refractivity contribution in [3.63, 3.8) is 0 Å². The molecule has 0 radical (unpaired) electrons. The van der Waals surface area contributed by atoms with Gasteiger partial charge in [0.2, 0.25) is 5.91 Å². The van der Waals surface area contributed by atoms with E-state index in [2.05, 4.69) is 20.4 Å². The molecule has 0 aliphatic rings. The van der Waals surface area contributed by atoms with E-state index in [4.69, 9.17) is 0 Å². The van der Waals surface area contributed by atoms with Crippen molar-refractivity contribution in [2.24, 2.45) is 0 Å². The minimum absolute atomic E-state index is 0.122. The lowest BCUT2D eigenvalue weighted by Crippen LogP contribution is -2.23. The Kier molecular flexibility index (Phi) is 5.50. The van der Waals surface area contributed by atoms with Crippen LogP contribution in [0.1, 0.15) is 6.92 Å². The van der Waals surface area contributed by atoms with Gasteiger partial charge in [-0.1, -0.05) is 36.0 Å². The first-order chi connectivity index (χ1) is 14.9. The van der Waals surface area contributed by atoms with Crippen molar-refractivity contribution in [2.75, 3.05) is 5.32 Å². The van der Waals surface area contributed by atoms with Gasteiger partial charge in [-0.3, -0.25) is 19.7 Å². The highest BCUT2D eigenvalue weighted by molar-refractivity contribution is 8.00. The Morgan fingerprint density at radius 2 is 2.00 bits per heavy atom. The van der Waals surface area contributed by atoms with E-state index in [0.717, 1.165) is 17.4 Å². The van der Waals surface area contributed by atoms with Gasteiger partial charge in [-0.05, 0) is 25.1 Å². The molecule has 2 aromatic carbocycles. The van der Waals surface area contributed by atoms with Gasteiger partial charge in [0, 0.05) is 17.8 Å². The Labute approximate surface area is 179 Å². The number of amides is 1. The number of thioether (sulfide) groups is 1. The molecule has 2 N–H and O–H groups in total. The fourth-order valence-corrected chi connectivity index (χ4v) is 3.67. The maximum Gasteiger partial charge on any atom is 0.271 e. The number of nitro benzene ring substituents is 1. The van der Waals surface area contributed by atoms with Crippen LogP contribution in [-0.2, 0) is 4.79 Å². The molecule has 1 atom stereocenters. The number of hydrogen-bond donors (Lipinski definition) is 2. The van der Waals surface area contributed by atoms with Gasteiger partial charge in [0.1, 0.15) is 5.39 Å². The molecule has 156 valence electrons. The number of nitrogens with zero attached hydrogens (tertiary/aromatic N) is 4. The number of anilines is 1. The number of carbonyl (C=O) groups is 1. The van der Waals surface area contributed by atoms with Crippen LogP contribution in [0.3, 0.4) is 0 Å². The van der Waals surface area contributed by atoms with Gasteiger partial charge in [-0.25, -0.2) is 9.67 Å². The highest BCUT2D eigenvalue weighted by Gasteiger charge is 2.19. The Balaban J connectivity index is 1.56. The van der Waals surface area contributed by atoms with E-state index in [1.165, 1.54) is 24.4 Å². The molecule has 0 fully saturated rings. The number of nitro groups is 1. The van der Waals surface area contributed by atoms with Crippen LogP contribution in [0, 0.1) is 10.1 Å². The molecule has 31 heavy (non-hydrogen) atoms. The number of carbonyl (C=O) groups excluding carboxylic acids is 1. The molecule has 10 nitrogen and oxygen atoms in total. The van der Waals surface area contributed by atoms with Crippen LogP contribution in [-0.4, -0.2) is 35.8 Å². The number of non-ortho nitro benzene ring substituents is 1. The maximum absolute atomic E-state index is 12.5.